The van der Waals surface area contributed by atoms with Gasteiger partial charge in [0.2, 0.25) is 11.9 Å². The molecule has 3 aromatic rings. The molecule has 5 rings (SSSR count). The van der Waals surface area contributed by atoms with Gasteiger partial charge in [-0.05, 0) is 49.4 Å². The number of hydrogen-bond donors (Lipinski definition) is 5. The van der Waals surface area contributed by atoms with E-state index in [1.165, 1.54) is 17.2 Å². The minimum absolute atomic E-state index is 0.0150. The molecule has 0 spiro atoms. The van der Waals surface area contributed by atoms with E-state index in [1.807, 2.05) is 39.9 Å². The van der Waals surface area contributed by atoms with Gasteiger partial charge >= 0.3 is 7.82 Å². The lowest BCUT2D eigenvalue weighted by Gasteiger charge is -2.40. The fourth-order valence-electron chi connectivity index (χ4n) is 6.50. The van der Waals surface area contributed by atoms with Crippen LogP contribution in [-0.2, 0) is 36.7 Å². The zero-order valence-electron chi connectivity index (χ0n) is 33.1. The van der Waals surface area contributed by atoms with Crippen molar-refractivity contribution in [3.8, 4) is 6.07 Å². The highest BCUT2D eigenvalue weighted by atomic mass is 31.2. The van der Waals surface area contributed by atoms with Crippen molar-refractivity contribution in [1.82, 2.24) is 29.5 Å². The molecule has 0 aromatic carbocycles. The zero-order valence-corrected chi connectivity index (χ0v) is 36.0. The zero-order chi connectivity index (χ0) is 41.7. The predicted octanol–water partition coefficient (Wildman–Crippen LogP) is 4.34. The summed E-state index contributed by atoms with van der Waals surface area (Å²) in [4.78, 5) is 55.2. The molecule has 1 saturated carbocycles. The van der Waals surface area contributed by atoms with Crippen molar-refractivity contribution in [2.24, 2.45) is 11.8 Å². The first-order chi connectivity index (χ1) is 26.9. The minimum atomic E-state index is -4.62. The number of aliphatic hydroxyl groups is 1. The Morgan fingerprint density at radius 2 is 1.96 bits per heavy atom. The van der Waals surface area contributed by atoms with E-state index < -0.39 is 78.4 Å². The lowest BCUT2D eigenvalue weighted by Crippen LogP contribution is -2.50. The number of rotatable bonds is 18. The normalized spacial score (nSPS) is 25.7. The minimum Gasteiger partial charge on any atom is -0.408 e. The van der Waals surface area contributed by atoms with Gasteiger partial charge in [0.1, 0.15) is 30.5 Å². The lowest BCUT2D eigenvalue weighted by atomic mass is 10.0. The van der Waals surface area contributed by atoms with Crippen LogP contribution in [0.3, 0.4) is 0 Å². The molecule has 9 atom stereocenters. The molecule has 5 N–H and O–H groups in total. The third kappa shape index (κ3) is 10.8. The molecule has 0 radical (unpaired) electrons. The Kier molecular flexibility index (Phi) is 14.6. The number of phosphoric ester groups is 1. The predicted molar refractivity (Wildman–Crippen MR) is 211 cm³/mol. The van der Waals surface area contributed by atoms with Gasteiger partial charge in [-0.2, -0.15) is 10.2 Å². The molecule has 23 heteroatoms. The van der Waals surface area contributed by atoms with E-state index in [-0.39, 0.29) is 60.2 Å². The first-order valence-corrected chi connectivity index (χ1v) is 24.6. The number of nitrogens with one attached hydrogen (secondary N) is 3. The Balaban J connectivity index is 1.47. The number of phosphoric acid groups is 1. The Morgan fingerprint density at radius 1 is 1.23 bits per heavy atom. The number of nitriles is 1. The van der Waals surface area contributed by atoms with Gasteiger partial charge < -0.3 is 24.5 Å². The number of aromatic nitrogens is 6. The molecule has 1 saturated heterocycles. The quantitative estimate of drug-likeness (QED) is 0.0676. The van der Waals surface area contributed by atoms with Crippen LogP contribution in [0, 0.1) is 23.2 Å². The van der Waals surface area contributed by atoms with Crippen LogP contribution in [0.25, 0.3) is 11.2 Å². The number of hydrogen-bond acceptors (Lipinski definition) is 16. The Morgan fingerprint density at radius 3 is 2.60 bits per heavy atom. The fraction of sp³-hybridized carbons (Fsp3) is 0.676. The summed E-state index contributed by atoms with van der Waals surface area (Å²) in [7, 11) is -10.3. The van der Waals surface area contributed by atoms with Crippen LogP contribution in [0.2, 0.25) is 18.1 Å². The number of fused-ring (bicyclic) bond motifs is 1. The molecule has 4 heterocycles. The van der Waals surface area contributed by atoms with Gasteiger partial charge in [-0.1, -0.05) is 34.6 Å². The summed E-state index contributed by atoms with van der Waals surface area (Å²) < 4.78 is 59.7. The molecule has 57 heavy (non-hydrogen) atoms. The molecule has 3 aromatic heterocycles. The number of amides is 1. The molecule has 0 bridgehead atoms. The topological polar surface area (TPSA) is 275 Å². The number of H-pyrrole nitrogens is 1. The summed E-state index contributed by atoms with van der Waals surface area (Å²) in [5, 5.41) is 25.4. The van der Waals surface area contributed by atoms with Crippen molar-refractivity contribution in [3.05, 3.63) is 35.3 Å². The highest BCUT2D eigenvalue weighted by Gasteiger charge is 2.54. The number of imidazole rings is 1. The molecule has 1 amide bonds. The number of aromatic amines is 1. The second-order valence-corrected chi connectivity index (χ2v) is 23.8. The smallest absolute Gasteiger partial charge is 0.408 e. The van der Waals surface area contributed by atoms with Gasteiger partial charge in [0, 0.05) is 23.8 Å². The number of anilines is 2. The largest absolute Gasteiger partial charge is 0.475 e. The molecule has 1 aliphatic carbocycles. The van der Waals surface area contributed by atoms with E-state index in [1.54, 1.807) is 26.1 Å². The van der Waals surface area contributed by atoms with Gasteiger partial charge in [0.15, 0.2) is 33.7 Å². The van der Waals surface area contributed by atoms with Crippen molar-refractivity contribution >= 4 is 53.0 Å². The van der Waals surface area contributed by atoms with Crippen molar-refractivity contribution in [1.29, 1.82) is 5.26 Å². The number of ether oxygens (including phenoxy) is 1. The van der Waals surface area contributed by atoms with Crippen LogP contribution in [0.5, 0.6) is 0 Å². The molecule has 2 aliphatic rings. The van der Waals surface area contributed by atoms with Crippen LogP contribution in [0.4, 0.5) is 11.8 Å². The third-order valence-corrected chi connectivity index (χ3v) is 17.9. The standard InChI is InChI=1S/C34H53N9O11P2Si/c1-20(2)30(45)41-33-40-29-26(31(46)42-33)38-19-43(29)32-28(27(23(17-44)52-32)54-57(6,7)34(3,4)5)53-56(49,50-13-8-11-35)51-14-10-21-15-22(16-24(21)55(47)48)39-25-9-12-36-18-37-25/h9,12,18-24,27-28,32,44,55H,8,10,13-17H2,1-7H3,(H,47,48)(H,36,37,39)(H2,40,41,42,45,46)/t21-,22+,23+,24-,27?,28+,32+,56?/m0/s1. The summed E-state index contributed by atoms with van der Waals surface area (Å²) >= 11 is 0. The van der Waals surface area contributed by atoms with E-state index >= 15 is 0 Å². The average molecular weight is 854 g/mol. The lowest BCUT2D eigenvalue weighted by molar-refractivity contribution is -0.118. The molecular formula is C34H53N9O11P2Si. The second-order valence-electron chi connectivity index (χ2n) is 16.0. The fourth-order valence-corrected chi connectivity index (χ4v) is 10.4. The maximum absolute atomic E-state index is 14.7. The summed E-state index contributed by atoms with van der Waals surface area (Å²) in [6, 6.07) is 3.49. The van der Waals surface area contributed by atoms with Gasteiger partial charge in [0.25, 0.3) is 5.56 Å². The Labute approximate surface area is 332 Å². The number of nitrogens with zero attached hydrogens (tertiary/aromatic N) is 6. The maximum atomic E-state index is 14.7. The first kappa shape index (κ1) is 44.7. The summed E-state index contributed by atoms with van der Waals surface area (Å²) in [5.41, 5.74) is -1.31. The van der Waals surface area contributed by atoms with Gasteiger partial charge in [-0.25, -0.2) is 19.5 Å². The number of aliphatic hydroxyl groups excluding tert-OH is 1. The molecule has 20 nitrogen and oxygen atoms in total. The van der Waals surface area contributed by atoms with Gasteiger partial charge in [-0.3, -0.25) is 42.6 Å². The highest BCUT2D eigenvalue weighted by molar-refractivity contribution is 7.48. The van der Waals surface area contributed by atoms with Crippen molar-refractivity contribution in [3.63, 3.8) is 0 Å². The summed E-state index contributed by atoms with van der Waals surface area (Å²) in [6.07, 6.45) is 0.519. The van der Waals surface area contributed by atoms with Gasteiger partial charge in [0.05, 0.1) is 38.6 Å². The van der Waals surface area contributed by atoms with Gasteiger partial charge in [-0.15, -0.1) is 0 Å². The number of carbonyl (C=O) groups excluding carboxylic acids is 1. The van der Waals surface area contributed by atoms with E-state index in [0.717, 1.165) is 0 Å². The van der Waals surface area contributed by atoms with Crippen LogP contribution in [0.15, 0.2) is 29.7 Å². The Bertz CT molecular complexity index is 2020. The summed E-state index contributed by atoms with van der Waals surface area (Å²) in [6.45, 7) is 12.3. The molecule has 2 fully saturated rings. The average Bonchev–Trinajstić information content (AvgIpc) is 3.84. The van der Waals surface area contributed by atoms with Crippen LogP contribution >= 0.6 is 15.9 Å². The highest BCUT2D eigenvalue weighted by Crippen LogP contribution is 2.55. The maximum Gasteiger partial charge on any atom is 0.475 e. The first-order valence-electron chi connectivity index (χ1n) is 18.8. The molecule has 3 unspecified atom stereocenters. The molecule has 1 aliphatic heterocycles. The van der Waals surface area contributed by atoms with Crippen molar-refractivity contribution < 1.29 is 46.7 Å². The van der Waals surface area contributed by atoms with E-state index in [2.05, 4.69) is 35.6 Å². The van der Waals surface area contributed by atoms with E-state index in [9.17, 15) is 34.0 Å². The summed E-state index contributed by atoms with van der Waals surface area (Å²) in [5.74, 6) is -0.676. The van der Waals surface area contributed by atoms with Crippen LogP contribution in [-0.4, -0.2) is 104 Å². The second kappa shape index (κ2) is 18.7. The van der Waals surface area contributed by atoms with Crippen molar-refractivity contribution in [2.45, 2.75) is 115 Å². The number of carbonyl (C=O) groups is 1. The molecular weight excluding hydrogens is 800 g/mol. The van der Waals surface area contributed by atoms with Crippen molar-refractivity contribution in [2.75, 3.05) is 30.5 Å². The monoisotopic (exact) mass is 853 g/mol. The van der Waals surface area contributed by atoms with E-state index in [0.29, 0.717) is 18.7 Å². The Hall–Kier alpha value is -3.41. The third-order valence-electron chi connectivity index (χ3n) is 10.6. The molecule has 314 valence electrons. The van der Waals surface area contributed by atoms with E-state index in [4.69, 9.17) is 22.7 Å². The SMILES string of the molecule is CC(C)C(=O)Nc1nc2c(ncn2[C@@H]2O[C@H](CO)C(O[Si](C)(C)C(C)(C)C)[C@H]2OP(=O)(OCCC#N)OCC[C@H]2C[C@@H](Nc3ccncn3)C[C@@H]2[PH](=O)O)c(=O)[nH]1. The van der Waals surface area contributed by atoms with Crippen LogP contribution in [0.1, 0.15) is 66.5 Å². The van der Waals surface area contributed by atoms with Crippen LogP contribution < -0.4 is 16.2 Å².